The van der Waals surface area contributed by atoms with Crippen LogP contribution in [0.25, 0.3) is 10.1 Å². The molecule has 1 aliphatic rings. The number of thiophene rings is 1. The number of sulfone groups is 1. The zero-order valence-electron chi connectivity index (χ0n) is 17.1. The van der Waals surface area contributed by atoms with Gasteiger partial charge >= 0.3 is 0 Å². The zero-order valence-corrected chi connectivity index (χ0v) is 20.3. The van der Waals surface area contributed by atoms with Crippen molar-refractivity contribution in [1.82, 2.24) is 0 Å². The van der Waals surface area contributed by atoms with Crippen molar-refractivity contribution < 1.29 is 23.0 Å². The third-order valence-electron chi connectivity index (χ3n) is 5.28. The highest BCUT2D eigenvalue weighted by Crippen LogP contribution is 2.46. The lowest BCUT2D eigenvalue weighted by Gasteiger charge is -2.25. The number of aryl methyl sites for hydroxylation is 1. The van der Waals surface area contributed by atoms with Gasteiger partial charge in [0.05, 0.1) is 17.3 Å². The Morgan fingerprint density at radius 1 is 1.23 bits per heavy atom. The van der Waals surface area contributed by atoms with Crippen molar-refractivity contribution in [3.63, 3.8) is 0 Å². The van der Waals surface area contributed by atoms with Gasteiger partial charge in [0.25, 0.3) is 0 Å². The van der Waals surface area contributed by atoms with E-state index >= 15 is 0 Å². The Hall–Kier alpha value is -1.65. The number of hydrogen-bond donors (Lipinski definition) is 2. The van der Waals surface area contributed by atoms with E-state index in [4.69, 9.17) is 14.6 Å². The predicted molar refractivity (Wildman–Crippen MR) is 127 cm³/mol. The molecule has 1 unspecified atom stereocenters. The largest absolute Gasteiger partial charge is 0.455 e. The molecule has 0 radical (unpaired) electrons. The lowest BCUT2D eigenvalue weighted by atomic mass is 10.1. The number of aliphatic hydroxyl groups excluding tert-OH is 1. The van der Waals surface area contributed by atoms with E-state index in [0.29, 0.717) is 11.5 Å². The number of ether oxygens (including phenoxy) is 2. The van der Waals surface area contributed by atoms with Crippen molar-refractivity contribution in [2.45, 2.75) is 37.3 Å². The summed E-state index contributed by atoms with van der Waals surface area (Å²) in [5, 5.41) is 13.4. The lowest BCUT2D eigenvalue weighted by Crippen LogP contribution is -2.27. The Balaban J connectivity index is 1.58. The number of hydrogen-bond acceptors (Lipinski definition) is 7. The summed E-state index contributed by atoms with van der Waals surface area (Å²) in [6.07, 6.45) is 3.33. The van der Waals surface area contributed by atoms with Gasteiger partial charge in [-0.05, 0) is 84.1 Å². The third kappa shape index (κ3) is 4.90. The molecule has 0 bridgehead atoms. The van der Waals surface area contributed by atoms with E-state index < -0.39 is 16.4 Å². The maximum Gasteiger partial charge on any atom is 0.180 e. The number of benzene rings is 2. The third-order valence-corrected chi connectivity index (χ3v) is 8.93. The van der Waals surface area contributed by atoms with Crippen LogP contribution in [0.3, 0.4) is 0 Å². The van der Waals surface area contributed by atoms with Crippen molar-refractivity contribution in [1.29, 1.82) is 0 Å². The molecule has 0 spiro atoms. The number of anilines is 1. The Morgan fingerprint density at radius 3 is 2.68 bits per heavy atom. The second kappa shape index (κ2) is 9.46. The molecule has 0 saturated carbocycles. The quantitative estimate of drug-likeness (QED) is 0.425. The molecule has 0 amide bonds. The van der Waals surface area contributed by atoms with Crippen LogP contribution in [0.1, 0.15) is 24.8 Å². The minimum Gasteiger partial charge on any atom is -0.455 e. The van der Waals surface area contributed by atoms with Gasteiger partial charge in [0.15, 0.2) is 15.6 Å². The van der Waals surface area contributed by atoms with E-state index in [0.717, 1.165) is 44.6 Å². The Bertz CT molecular complexity index is 1170. The van der Waals surface area contributed by atoms with Gasteiger partial charge in [0.2, 0.25) is 0 Å². The summed E-state index contributed by atoms with van der Waals surface area (Å²) in [6.45, 7) is 2.47. The highest BCUT2D eigenvalue weighted by molar-refractivity contribution is 9.11. The number of rotatable bonds is 7. The highest BCUT2D eigenvalue weighted by Gasteiger charge is 2.19. The van der Waals surface area contributed by atoms with Gasteiger partial charge in [-0.1, -0.05) is 0 Å². The number of nitrogens with one attached hydrogen (secondary N) is 1. The monoisotopic (exact) mass is 525 g/mol. The van der Waals surface area contributed by atoms with E-state index in [9.17, 15) is 8.42 Å². The number of halogens is 1. The zero-order chi connectivity index (χ0) is 22.0. The van der Waals surface area contributed by atoms with Gasteiger partial charge in [-0.2, -0.15) is 0 Å². The fourth-order valence-corrected chi connectivity index (χ4v) is 6.36. The van der Waals surface area contributed by atoms with E-state index in [1.165, 1.54) is 18.6 Å². The molecule has 4 rings (SSSR count). The molecule has 166 valence electrons. The number of aliphatic hydroxyl groups is 1. The molecule has 6 nitrogen and oxygen atoms in total. The standard InChI is InChI=1S/C22H24BrNO5S2/c1-14-18(24-19-4-2-3-12-28-19)10-9-17-20(22(23)30-21(14)17)29-15-5-7-16(8-6-15)31(26,27)13-11-25/h5-10,19,24-25H,2-4,11-13H2,1H3. The molecule has 2 aromatic carbocycles. The molecule has 9 heteroatoms. The summed E-state index contributed by atoms with van der Waals surface area (Å²) in [6, 6.07) is 10.3. The lowest BCUT2D eigenvalue weighted by molar-refractivity contribution is 0.0343. The first kappa shape index (κ1) is 22.5. The molecule has 1 aliphatic heterocycles. The summed E-state index contributed by atoms with van der Waals surface area (Å²) in [4.78, 5) is 0.166. The SMILES string of the molecule is Cc1c(NC2CCCCO2)ccc2c(Oc3ccc(S(=O)(=O)CCO)cc3)c(Br)sc12. The van der Waals surface area contributed by atoms with Crippen molar-refractivity contribution in [3.05, 3.63) is 45.7 Å². The van der Waals surface area contributed by atoms with E-state index in [-0.39, 0.29) is 16.9 Å². The predicted octanol–water partition coefficient (Wildman–Crippen LogP) is 5.47. The summed E-state index contributed by atoms with van der Waals surface area (Å²) in [7, 11) is -3.48. The molecule has 1 aromatic heterocycles. The van der Waals surface area contributed by atoms with Crippen molar-refractivity contribution in [2.24, 2.45) is 0 Å². The second-order valence-corrected chi connectivity index (χ2v) is 11.9. The molecule has 3 aromatic rings. The first-order valence-electron chi connectivity index (χ1n) is 10.1. The number of fused-ring (bicyclic) bond motifs is 1. The average Bonchev–Trinajstić information content (AvgIpc) is 3.07. The fourth-order valence-electron chi connectivity index (χ4n) is 3.59. The molecule has 2 N–H and O–H groups in total. The van der Waals surface area contributed by atoms with E-state index in [1.807, 2.05) is 12.1 Å². The normalized spacial score (nSPS) is 17.1. The van der Waals surface area contributed by atoms with Crippen LogP contribution in [0.2, 0.25) is 0 Å². The molecule has 0 aliphatic carbocycles. The summed E-state index contributed by atoms with van der Waals surface area (Å²) in [5.74, 6) is 0.948. The van der Waals surface area contributed by atoms with Crippen molar-refractivity contribution in [3.8, 4) is 11.5 Å². The minimum absolute atomic E-state index is 0.0460. The van der Waals surface area contributed by atoms with Gasteiger partial charge in [-0.25, -0.2) is 8.42 Å². The summed E-state index contributed by atoms with van der Waals surface area (Å²) in [5.41, 5.74) is 2.19. The van der Waals surface area contributed by atoms with Crippen LogP contribution in [0.4, 0.5) is 5.69 Å². The molecule has 1 atom stereocenters. The van der Waals surface area contributed by atoms with Gasteiger partial charge in [-0.15, -0.1) is 11.3 Å². The summed E-state index contributed by atoms with van der Waals surface area (Å²) >= 11 is 5.22. The minimum atomic E-state index is -3.48. The van der Waals surface area contributed by atoms with Crippen LogP contribution in [0, 0.1) is 6.92 Å². The maximum absolute atomic E-state index is 12.1. The topological polar surface area (TPSA) is 84.9 Å². The molecular weight excluding hydrogens is 502 g/mol. The van der Waals surface area contributed by atoms with Crippen LogP contribution in [-0.2, 0) is 14.6 Å². The Kier molecular flexibility index (Phi) is 6.88. The Morgan fingerprint density at radius 2 is 2.00 bits per heavy atom. The van der Waals surface area contributed by atoms with Gasteiger partial charge in [0.1, 0.15) is 15.8 Å². The molecule has 1 fully saturated rings. The molecular formula is C22H24BrNO5S2. The van der Waals surface area contributed by atoms with E-state index in [1.54, 1.807) is 23.5 Å². The summed E-state index contributed by atoms with van der Waals surface area (Å²) < 4.78 is 38.1. The highest BCUT2D eigenvalue weighted by atomic mass is 79.9. The van der Waals surface area contributed by atoms with Crippen molar-refractivity contribution >= 4 is 52.9 Å². The van der Waals surface area contributed by atoms with Crippen LogP contribution in [0.5, 0.6) is 11.5 Å². The van der Waals surface area contributed by atoms with Crippen LogP contribution < -0.4 is 10.1 Å². The van der Waals surface area contributed by atoms with Crippen LogP contribution in [-0.4, -0.2) is 38.7 Å². The average molecular weight is 526 g/mol. The second-order valence-electron chi connectivity index (χ2n) is 7.44. The molecule has 2 heterocycles. The molecule has 1 saturated heterocycles. The van der Waals surface area contributed by atoms with Crippen LogP contribution >= 0.6 is 27.3 Å². The Labute approximate surface area is 194 Å². The van der Waals surface area contributed by atoms with Crippen LogP contribution in [0.15, 0.2) is 45.1 Å². The van der Waals surface area contributed by atoms with Gasteiger partial charge < -0.3 is 19.9 Å². The molecule has 31 heavy (non-hydrogen) atoms. The maximum atomic E-state index is 12.1. The van der Waals surface area contributed by atoms with Gasteiger partial charge in [-0.3, -0.25) is 0 Å². The first-order chi connectivity index (χ1) is 14.9. The van der Waals surface area contributed by atoms with E-state index in [2.05, 4.69) is 28.2 Å². The smallest absolute Gasteiger partial charge is 0.180 e. The fraction of sp³-hybridized carbons (Fsp3) is 0.364. The van der Waals surface area contributed by atoms with Gasteiger partial charge in [0, 0.05) is 22.4 Å². The first-order valence-corrected chi connectivity index (χ1v) is 13.4. The van der Waals surface area contributed by atoms with Crippen molar-refractivity contribution in [2.75, 3.05) is 24.3 Å².